The number of nitrogens with zero attached hydrogens (tertiary/aromatic N) is 1. The number of ether oxygens (including phenoxy) is 2. The molecule has 1 aliphatic rings. The highest BCUT2D eigenvalue weighted by molar-refractivity contribution is 6.23. The molecule has 90 valence electrons. The number of fused-ring (bicyclic) bond motifs is 1. The number of aldehydes is 1. The van der Waals surface area contributed by atoms with Crippen LogP contribution in [0, 0.1) is 6.92 Å². The molecule has 0 unspecified atom stereocenters. The van der Waals surface area contributed by atoms with E-state index in [2.05, 4.69) is 0 Å². The average molecular weight is 235 g/mol. The molecule has 0 fully saturated rings. The first kappa shape index (κ1) is 11.4. The molecule has 0 N–H and O–H groups in total. The zero-order valence-corrected chi connectivity index (χ0v) is 9.73. The number of rotatable bonds is 3. The summed E-state index contributed by atoms with van der Waals surface area (Å²) in [7, 11) is 1.58. The molecular weight excluding hydrogens is 222 g/mol. The average Bonchev–Trinajstić information content (AvgIpc) is 2.75. The molecule has 0 saturated heterocycles. The first-order valence-corrected chi connectivity index (χ1v) is 5.21. The number of amides is 1. The van der Waals surface area contributed by atoms with Crippen molar-refractivity contribution in [1.29, 1.82) is 0 Å². The maximum Gasteiger partial charge on any atom is 0.286 e. The minimum Gasteiger partial charge on any atom is -0.454 e. The lowest BCUT2D eigenvalue weighted by atomic mass is 10.1. The van der Waals surface area contributed by atoms with Gasteiger partial charge in [-0.1, -0.05) is 0 Å². The van der Waals surface area contributed by atoms with Crippen molar-refractivity contribution < 1.29 is 19.1 Å². The molecule has 2 rings (SSSR count). The summed E-state index contributed by atoms with van der Waals surface area (Å²) in [6, 6.07) is 3.71. The van der Waals surface area contributed by atoms with Crippen molar-refractivity contribution >= 4 is 12.2 Å². The predicted molar refractivity (Wildman–Crippen MR) is 59.8 cm³/mol. The Hall–Kier alpha value is -2.04. The summed E-state index contributed by atoms with van der Waals surface area (Å²) in [6.07, 6.45) is 0.308. The van der Waals surface area contributed by atoms with E-state index in [1.165, 1.54) is 4.90 Å². The largest absolute Gasteiger partial charge is 0.454 e. The van der Waals surface area contributed by atoms with Gasteiger partial charge in [0.25, 0.3) is 5.91 Å². The van der Waals surface area contributed by atoms with Gasteiger partial charge in [-0.05, 0) is 30.2 Å². The van der Waals surface area contributed by atoms with E-state index in [0.29, 0.717) is 18.6 Å². The highest BCUT2D eigenvalue weighted by Gasteiger charge is 2.17. The van der Waals surface area contributed by atoms with Crippen molar-refractivity contribution in [3.05, 3.63) is 23.3 Å². The Morgan fingerprint density at radius 1 is 1.41 bits per heavy atom. The van der Waals surface area contributed by atoms with E-state index in [1.807, 2.05) is 19.1 Å². The molecule has 1 aromatic carbocycles. The third-order valence-electron chi connectivity index (χ3n) is 2.72. The number of hydrogen-bond acceptors (Lipinski definition) is 4. The monoisotopic (exact) mass is 235 g/mol. The number of aryl methyl sites for hydroxylation is 1. The first-order chi connectivity index (χ1) is 8.11. The molecule has 0 aliphatic carbocycles. The summed E-state index contributed by atoms with van der Waals surface area (Å²) in [5.41, 5.74) is 1.94. The Morgan fingerprint density at radius 2 is 2.06 bits per heavy atom. The van der Waals surface area contributed by atoms with E-state index in [9.17, 15) is 9.59 Å². The summed E-state index contributed by atoms with van der Waals surface area (Å²) in [4.78, 5) is 22.9. The fourth-order valence-corrected chi connectivity index (χ4v) is 1.68. The molecule has 5 heteroatoms. The Bertz CT molecular complexity index is 470. The van der Waals surface area contributed by atoms with Gasteiger partial charge in [-0.3, -0.25) is 9.59 Å². The summed E-state index contributed by atoms with van der Waals surface area (Å²) in [5.74, 6) is 0.857. The van der Waals surface area contributed by atoms with Crippen LogP contribution in [0.5, 0.6) is 11.5 Å². The van der Waals surface area contributed by atoms with Crippen molar-refractivity contribution in [3.8, 4) is 11.5 Å². The molecule has 0 saturated carbocycles. The molecule has 0 radical (unpaired) electrons. The summed E-state index contributed by atoms with van der Waals surface area (Å²) >= 11 is 0. The molecule has 0 bridgehead atoms. The smallest absolute Gasteiger partial charge is 0.286 e. The lowest BCUT2D eigenvalue weighted by Crippen LogP contribution is -2.27. The van der Waals surface area contributed by atoms with Crippen LogP contribution in [0.2, 0.25) is 0 Å². The van der Waals surface area contributed by atoms with Crippen LogP contribution < -0.4 is 9.47 Å². The minimum absolute atomic E-state index is 0.224. The molecule has 1 amide bonds. The fourth-order valence-electron chi connectivity index (χ4n) is 1.68. The summed E-state index contributed by atoms with van der Waals surface area (Å²) in [6.45, 7) is 2.53. The Labute approximate surface area is 98.9 Å². The van der Waals surface area contributed by atoms with Crippen LogP contribution in [0.4, 0.5) is 0 Å². The normalized spacial score (nSPS) is 12.4. The zero-order chi connectivity index (χ0) is 12.4. The highest BCUT2D eigenvalue weighted by Crippen LogP contribution is 2.34. The van der Waals surface area contributed by atoms with Crippen LogP contribution in [-0.4, -0.2) is 30.9 Å². The van der Waals surface area contributed by atoms with Gasteiger partial charge in [-0.15, -0.1) is 0 Å². The van der Waals surface area contributed by atoms with E-state index in [-0.39, 0.29) is 6.79 Å². The van der Waals surface area contributed by atoms with E-state index in [1.54, 1.807) is 7.05 Å². The Morgan fingerprint density at radius 3 is 2.71 bits per heavy atom. The van der Waals surface area contributed by atoms with Gasteiger partial charge >= 0.3 is 0 Å². The lowest BCUT2D eigenvalue weighted by molar-refractivity contribution is -0.138. The SMILES string of the molecule is Cc1cc2c(cc1CN(C)C(=O)C=O)OCO2. The van der Waals surface area contributed by atoms with Gasteiger partial charge < -0.3 is 14.4 Å². The topological polar surface area (TPSA) is 55.8 Å². The highest BCUT2D eigenvalue weighted by atomic mass is 16.7. The van der Waals surface area contributed by atoms with Gasteiger partial charge in [0.15, 0.2) is 11.5 Å². The van der Waals surface area contributed by atoms with Gasteiger partial charge in [0.1, 0.15) is 0 Å². The van der Waals surface area contributed by atoms with Crippen LogP contribution in [0.25, 0.3) is 0 Å². The van der Waals surface area contributed by atoms with E-state index in [4.69, 9.17) is 9.47 Å². The third kappa shape index (κ3) is 2.22. The Balaban J connectivity index is 2.22. The van der Waals surface area contributed by atoms with Gasteiger partial charge in [0, 0.05) is 13.6 Å². The van der Waals surface area contributed by atoms with Gasteiger partial charge in [-0.25, -0.2) is 0 Å². The van der Waals surface area contributed by atoms with Gasteiger partial charge in [0.05, 0.1) is 0 Å². The minimum atomic E-state index is -0.540. The van der Waals surface area contributed by atoms with Crippen molar-refractivity contribution in [1.82, 2.24) is 4.90 Å². The standard InChI is InChI=1S/C12H13NO4/c1-8-3-10-11(17-7-16-10)4-9(8)5-13(2)12(15)6-14/h3-4,6H,5,7H2,1-2H3. The number of carbonyl (C=O) groups is 2. The van der Waals surface area contributed by atoms with E-state index >= 15 is 0 Å². The maximum atomic E-state index is 11.2. The number of hydrogen-bond donors (Lipinski definition) is 0. The van der Waals surface area contributed by atoms with Crippen molar-refractivity contribution in [3.63, 3.8) is 0 Å². The van der Waals surface area contributed by atoms with Crippen LogP contribution >= 0.6 is 0 Å². The first-order valence-electron chi connectivity index (χ1n) is 5.21. The number of benzene rings is 1. The Kier molecular flexibility index (Phi) is 2.99. The quantitative estimate of drug-likeness (QED) is 0.576. The lowest BCUT2D eigenvalue weighted by Gasteiger charge is -2.16. The van der Waals surface area contributed by atoms with Gasteiger partial charge in [-0.2, -0.15) is 0 Å². The van der Waals surface area contributed by atoms with Gasteiger partial charge in [0.2, 0.25) is 13.1 Å². The fraction of sp³-hybridized carbons (Fsp3) is 0.333. The molecule has 0 atom stereocenters. The third-order valence-corrected chi connectivity index (χ3v) is 2.72. The summed E-state index contributed by atoms with van der Waals surface area (Å²) in [5, 5.41) is 0. The van der Waals surface area contributed by atoms with Crippen LogP contribution in [0.1, 0.15) is 11.1 Å². The van der Waals surface area contributed by atoms with E-state index < -0.39 is 5.91 Å². The van der Waals surface area contributed by atoms with Crippen molar-refractivity contribution in [2.75, 3.05) is 13.8 Å². The van der Waals surface area contributed by atoms with E-state index in [0.717, 1.165) is 16.9 Å². The zero-order valence-electron chi connectivity index (χ0n) is 9.73. The maximum absolute atomic E-state index is 11.2. The van der Waals surface area contributed by atoms with Crippen molar-refractivity contribution in [2.45, 2.75) is 13.5 Å². The second-order valence-electron chi connectivity index (χ2n) is 3.94. The summed E-state index contributed by atoms with van der Waals surface area (Å²) < 4.78 is 10.5. The second-order valence-corrected chi connectivity index (χ2v) is 3.94. The molecule has 1 heterocycles. The molecule has 17 heavy (non-hydrogen) atoms. The van der Waals surface area contributed by atoms with Crippen molar-refractivity contribution in [2.24, 2.45) is 0 Å². The van der Waals surface area contributed by atoms with Crippen LogP contribution in [-0.2, 0) is 16.1 Å². The number of likely N-dealkylation sites (N-methyl/N-ethyl adjacent to an activating group) is 1. The van der Waals surface area contributed by atoms with Crippen LogP contribution in [0.3, 0.4) is 0 Å². The predicted octanol–water partition coefficient (Wildman–Crippen LogP) is 0.881. The molecule has 1 aliphatic heterocycles. The molecule has 0 aromatic heterocycles. The second kappa shape index (κ2) is 4.45. The molecule has 5 nitrogen and oxygen atoms in total. The molecule has 1 aromatic rings. The number of carbonyl (C=O) groups excluding carboxylic acids is 2. The molecule has 0 spiro atoms. The van der Waals surface area contributed by atoms with Crippen LogP contribution in [0.15, 0.2) is 12.1 Å². The molecular formula is C12H13NO4.